The van der Waals surface area contributed by atoms with Crippen molar-refractivity contribution < 1.29 is 12.8 Å². The molecule has 2 aromatic rings. The molecule has 0 unspecified atom stereocenters. The van der Waals surface area contributed by atoms with E-state index >= 15 is 0 Å². The molecule has 0 aliphatic carbocycles. The fourth-order valence-electron chi connectivity index (χ4n) is 1.59. The largest absolute Gasteiger partial charge is 0.452 e. The smallest absolute Gasteiger partial charge is 0.242 e. The van der Waals surface area contributed by atoms with Gasteiger partial charge >= 0.3 is 0 Å². The summed E-state index contributed by atoms with van der Waals surface area (Å²) in [5, 5.41) is 3.16. The minimum atomic E-state index is -3.38. The maximum absolute atomic E-state index is 11.9. The normalized spacial score (nSPS) is 11.8. The first-order valence-electron chi connectivity index (χ1n) is 5.90. The Bertz CT molecular complexity index is 678. The number of nitrogens with zero attached hydrogens (tertiary/aromatic N) is 1. The number of anilines is 1. The van der Waals surface area contributed by atoms with Crippen LogP contribution >= 0.6 is 15.9 Å². The van der Waals surface area contributed by atoms with E-state index in [4.69, 9.17) is 4.42 Å². The predicted molar refractivity (Wildman–Crippen MR) is 81.0 cm³/mol. The van der Waals surface area contributed by atoms with Crippen LogP contribution in [0, 0.1) is 0 Å². The Hall–Kier alpha value is -1.31. The summed E-state index contributed by atoms with van der Waals surface area (Å²) < 4.78 is 31.1. The van der Waals surface area contributed by atoms with Crippen LogP contribution in [0.3, 0.4) is 0 Å². The molecule has 0 atom stereocenters. The van der Waals surface area contributed by atoms with Gasteiger partial charge in [-0.05, 0) is 52.3 Å². The molecular formula is C13H15BrN2O3S. The van der Waals surface area contributed by atoms with Gasteiger partial charge in [-0.15, -0.1) is 0 Å². The second kappa shape index (κ2) is 5.99. The Morgan fingerprint density at radius 3 is 2.30 bits per heavy atom. The van der Waals surface area contributed by atoms with E-state index in [1.54, 1.807) is 24.3 Å². The van der Waals surface area contributed by atoms with Gasteiger partial charge in [0.2, 0.25) is 10.0 Å². The average molecular weight is 359 g/mol. The van der Waals surface area contributed by atoms with Crippen LogP contribution in [-0.4, -0.2) is 26.8 Å². The Labute approximate surface area is 126 Å². The number of halogens is 1. The van der Waals surface area contributed by atoms with E-state index in [0.29, 0.717) is 11.2 Å². The van der Waals surface area contributed by atoms with Gasteiger partial charge in [0.05, 0.1) is 11.4 Å². The maximum Gasteiger partial charge on any atom is 0.242 e. The lowest BCUT2D eigenvalue weighted by Crippen LogP contribution is -2.22. The summed E-state index contributed by atoms with van der Waals surface area (Å²) in [7, 11) is -0.356. The molecule has 20 heavy (non-hydrogen) atoms. The first-order valence-corrected chi connectivity index (χ1v) is 8.13. The van der Waals surface area contributed by atoms with Crippen LogP contribution in [0.15, 0.2) is 50.4 Å². The number of nitrogens with one attached hydrogen (secondary N) is 1. The number of furan rings is 1. The van der Waals surface area contributed by atoms with Gasteiger partial charge in [0, 0.05) is 19.8 Å². The summed E-state index contributed by atoms with van der Waals surface area (Å²) in [6.45, 7) is 0.533. The number of hydrogen-bond acceptors (Lipinski definition) is 4. The minimum Gasteiger partial charge on any atom is -0.452 e. The third-order valence-corrected chi connectivity index (χ3v) is 4.98. The van der Waals surface area contributed by atoms with E-state index < -0.39 is 10.0 Å². The van der Waals surface area contributed by atoms with E-state index in [2.05, 4.69) is 21.2 Å². The molecule has 0 spiro atoms. The van der Waals surface area contributed by atoms with Crippen LogP contribution in [0.25, 0.3) is 0 Å². The number of rotatable bonds is 5. The van der Waals surface area contributed by atoms with Crippen LogP contribution < -0.4 is 5.32 Å². The Morgan fingerprint density at radius 1 is 1.15 bits per heavy atom. The molecule has 0 aliphatic heterocycles. The van der Waals surface area contributed by atoms with E-state index in [9.17, 15) is 8.42 Å². The van der Waals surface area contributed by atoms with Crippen molar-refractivity contribution >= 4 is 31.6 Å². The predicted octanol–water partition coefficient (Wildman–Crippen LogP) is 2.90. The van der Waals surface area contributed by atoms with Crippen molar-refractivity contribution in [3.63, 3.8) is 0 Å². The summed E-state index contributed by atoms with van der Waals surface area (Å²) in [6.07, 6.45) is 0. The molecule has 0 amide bonds. The molecule has 1 heterocycles. The summed E-state index contributed by atoms with van der Waals surface area (Å²) >= 11 is 3.24. The van der Waals surface area contributed by atoms with Crippen molar-refractivity contribution in [2.24, 2.45) is 0 Å². The standard InChI is InChI=1S/C13H15BrN2O3S/c1-16(2)20(17,18)12-6-3-10(4-7-12)15-9-11-5-8-13(14)19-11/h3-8,15H,9H2,1-2H3. The first-order chi connectivity index (χ1) is 9.39. The van der Waals surface area contributed by atoms with Crippen LogP contribution in [0.4, 0.5) is 5.69 Å². The zero-order chi connectivity index (χ0) is 14.8. The first kappa shape index (κ1) is 15.1. The molecule has 1 aromatic carbocycles. The van der Waals surface area contributed by atoms with E-state index in [0.717, 1.165) is 11.4 Å². The Balaban J connectivity index is 2.05. The summed E-state index contributed by atoms with van der Waals surface area (Å²) in [6, 6.07) is 10.3. The van der Waals surface area contributed by atoms with E-state index in [1.807, 2.05) is 12.1 Å². The highest BCUT2D eigenvalue weighted by Crippen LogP contribution is 2.18. The van der Waals surface area contributed by atoms with Crippen molar-refractivity contribution in [2.45, 2.75) is 11.4 Å². The van der Waals surface area contributed by atoms with Gasteiger partial charge < -0.3 is 9.73 Å². The fraction of sp³-hybridized carbons (Fsp3) is 0.231. The highest BCUT2D eigenvalue weighted by atomic mass is 79.9. The van der Waals surface area contributed by atoms with Crippen LogP contribution in [0.2, 0.25) is 0 Å². The second-order valence-electron chi connectivity index (χ2n) is 4.37. The molecule has 0 saturated heterocycles. The topological polar surface area (TPSA) is 62.6 Å². The highest BCUT2D eigenvalue weighted by molar-refractivity contribution is 9.10. The molecule has 7 heteroatoms. The van der Waals surface area contributed by atoms with Crippen molar-refractivity contribution in [3.05, 3.63) is 46.8 Å². The number of sulfonamides is 1. The fourth-order valence-corrected chi connectivity index (χ4v) is 2.83. The molecule has 1 aromatic heterocycles. The van der Waals surface area contributed by atoms with Crippen molar-refractivity contribution in [1.29, 1.82) is 0 Å². The Morgan fingerprint density at radius 2 is 1.80 bits per heavy atom. The molecule has 5 nitrogen and oxygen atoms in total. The van der Waals surface area contributed by atoms with Gasteiger partial charge in [-0.25, -0.2) is 12.7 Å². The minimum absolute atomic E-state index is 0.272. The average Bonchev–Trinajstić information content (AvgIpc) is 2.82. The maximum atomic E-state index is 11.9. The lowest BCUT2D eigenvalue weighted by atomic mass is 10.3. The molecule has 0 fully saturated rings. The zero-order valence-electron chi connectivity index (χ0n) is 11.1. The third kappa shape index (κ3) is 3.41. The molecule has 0 radical (unpaired) electrons. The second-order valence-corrected chi connectivity index (χ2v) is 7.30. The molecule has 0 aliphatic rings. The summed E-state index contributed by atoms with van der Waals surface area (Å²) in [4.78, 5) is 0.272. The van der Waals surface area contributed by atoms with Crippen LogP contribution in [0.1, 0.15) is 5.76 Å². The van der Waals surface area contributed by atoms with Gasteiger partial charge in [-0.1, -0.05) is 0 Å². The number of hydrogen-bond donors (Lipinski definition) is 1. The summed E-state index contributed by atoms with van der Waals surface area (Å²) in [5.41, 5.74) is 0.829. The van der Waals surface area contributed by atoms with Gasteiger partial charge in [0.25, 0.3) is 0 Å². The highest BCUT2D eigenvalue weighted by Gasteiger charge is 2.16. The monoisotopic (exact) mass is 358 g/mol. The molecular weight excluding hydrogens is 344 g/mol. The van der Waals surface area contributed by atoms with E-state index in [1.165, 1.54) is 18.4 Å². The molecule has 0 saturated carbocycles. The van der Waals surface area contributed by atoms with E-state index in [-0.39, 0.29) is 4.90 Å². The SMILES string of the molecule is CN(C)S(=O)(=O)c1ccc(NCc2ccc(Br)o2)cc1. The molecule has 0 bridgehead atoms. The lowest BCUT2D eigenvalue weighted by Gasteiger charge is -2.12. The van der Waals surface area contributed by atoms with Crippen molar-refractivity contribution in [2.75, 3.05) is 19.4 Å². The summed E-state index contributed by atoms with van der Waals surface area (Å²) in [5.74, 6) is 0.793. The van der Waals surface area contributed by atoms with Crippen LogP contribution in [-0.2, 0) is 16.6 Å². The number of benzene rings is 1. The Kier molecular flexibility index (Phi) is 4.52. The molecule has 1 N–H and O–H groups in total. The molecule has 108 valence electrons. The van der Waals surface area contributed by atoms with Crippen molar-refractivity contribution in [1.82, 2.24) is 4.31 Å². The van der Waals surface area contributed by atoms with Gasteiger partial charge in [0.1, 0.15) is 5.76 Å². The van der Waals surface area contributed by atoms with Gasteiger partial charge in [-0.3, -0.25) is 0 Å². The van der Waals surface area contributed by atoms with Gasteiger partial charge in [0.15, 0.2) is 4.67 Å². The quantitative estimate of drug-likeness (QED) is 0.892. The third-order valence-electron chi connectivity index (χ3n) is 2.73. The zero-order valence-corrected chi connectivity index (χ0v) is 13.5. The molecule has 2 rings (SSSR count). The lowest BCUT2D eigenvalue weighted by molar-refractivity contribution is 0.495. The van der Waals surface area contributed by atoms with Crippen LogP contribution in [0.5, 0.6) is 0 Å². The van der Waals surface area contributed by atoms with Crippen molar-refractivity contribution in [3.8, 4) is 0 Å². The van der Waals surface area contributed by atoms with Gasteiger partial charge in [-0.2, -0.15) is 0 Å².